The van der Waals surface area contributed by atoms with Crippen LogP contribution in [0.4, 0.5) is 15.0 Å². The average Bonchev–Trinajstić information content (AvgIpc) is 2.89. The zero-order valence-electron chi connectivity index (χ0n) is 16.1. The van der Waals surface area contributed by atoms with E-state index in [1.807, 2.05) is 20.8 Å². The number of rotatable bonds is 7. The highest BCUT2D eigenvalue weighted by atomic mass is 19.1. The number of halogens is 1. The van der Waals surface area contributed by atoms with E-state index >= 15 is 0 Å². The van der Waals surface area contributed by atoms with Crippen LogP contribution >= 0.6 is 0 Å². The Labute approximate surface area is 157 Å². The first kappa shape index (κ1) is 21.3. The molecule has 1 aromatic heterocycles. The number of aliphatic hydroxyl groups excluding tert-OH is 1. The summed E-state index contributed by atoms with van der Waals surface area (Å²) < 4.78 is 25.8. The predicted octanol–water partition coefficient (Wildman–Crippen LogP) is 2.67. The van der Waals surface area contributed by atoms with Gasteiger partial charge in [0.25, 0.3) is 0 Å². The molecule has 1 aromatic rings. The maximum Gasteiger partial charge on any atom is 0.412 e. The second-order valence-corrected chi connectivity index (χ2v) is 7.14. The van der Waals surface area contributed by atoms with Crippen molar-refractivity contribution < 1.29 is 23.8 Å². The van der Waals surface area contributed by atoms with E-state index in [2.05, 4.69) is 10.3 Å². The minimum atomic E-state index is -1.03. The number of aromatic nitrogens is 2. The van der Waals surface area contributed by atoms with Crippen molar-refractivity contribution in [2.45, 2.75) is 65.4 Å². The molecule has 0 saturated carbocycles. The zero-order valence-corrected chi connectivity index (χ0v) is 16.1. The molecule has 27 heavy (non-hydrogen) atoms. The molecule has 8 nitrogen and oxygen atoms in total. The Kier molecular flexibility index (Phi) is 7.32. The first-order valence-electron chi connectivity index (χ1n) is 9.32. The Morgan fingerprint density at radius 3 is 2.78 bits per heavy atom. The average molecular weight is 385 g/mol. The zero-order chi connectivity index (χ0) is 20.1. The van der Waals surface area contributed by atoms with Crippen molar-refractivity contribution in [3.63, 3.8) is 0 Å². The maximum absolute atomic E-state index is 14.3. The molecule has 1 amide bonds. The number of amides is 1. The van der Waals surface area contributed by atoms with Gasteiger partial charge in [-0.3, -0.25) is 9.88 Å². The molecule has 0 radical (unpaired) electrons. The second-order valence-electron chi connectivity index (χ2n) is 7.14. The van der Waals surface area contributed by atoms with E-state index in [-0.39, 0.29) is 24.5 Å². The summed E-state index contributed by atoms with van der Waals surface area (Å²) >= 11 is 0. The van der Waals surface area contributed by atoms with Gasteiger partial charge in [-0.15, -0.1) is 0 Å². The lowest BCUT2D eigenvalue weighted by Gasteiger charge is -2.22. The Bertz CT molecular complexity index is 709. The Balaban J connectivity index is 2.11. The third-order valence-electron chi connectivity index (χ3n) is 4.74. The molecule has 0 bridgehead atoms. The third-order valence-corrected chi connectivity index (χ3v) is 4.74. The number of hydrogen-bond donors (Lipinski definition) is 2. The van der Waals surface area contributed by atoms with Crippen molar-refractivity contribution in [2.24, 2.45) is 11.8 Å². The number of nitrogens with zero attached hydrogens (tertiary/aromatic N) is 2. The van der Waals surface area contributed by atoms with E-state index < -0.39 is 35.7 Å². The van der Waals surface area contributed by atoms with Crippen molar-refractivity contribution in [3.05, 3.63) is 22.5 Å². The van der Waals surface area contributed by atoms with Crippen LogP contribution in [-0.4, -0.2) is 39.6 Å². The van der Waals surface area contributed by atoms with Gasteiger partial charge in [-0.05, 0) is 19.3 Å². The number of carbonyl (C=O) groups is 1. The van der Waals surface area contributed by atoms with Crippen LogP contribution in [0.25, 0.3) is 0 Å². The fourth-order valence-electron chi connectivity index (χ4n) is 3.39. The van der Waals surface area contributed by atoms with Crippen molar-refractivity contribution in [2.75, 3.05) is 11.9 Å². The molecule has 2 N–H and O–H groups in total. The Morgan fingerprint density at radius 2 is 2.19 bits per heavy atom. The minimum Gasteiger partial charge on any atom is -0.449 e. The van der Waals surface area contributed by atoms with Gasteiger partial charge in [0.2, 0.25) is 0 Å². The molecule has 9 heteroatoms. The Hall–Kier alpha value is -2.00. The lowest BCUT2D eigenvalue weighted by molar-refractivity contribution is -0.0353. The smallest absolute Gasteiger partial charge is 0.412 e. The molecule has 152 valence electrons. The maximum atomic E-state index is 14.3. The molecule has 1 saturated heterocycles. The number of ether oxygens (including phenoxy) is 2. The summed E-state index contributed by atoms with van der Waals surface area (Å²) in [5.74, 6) is -1.51. The fraction of sp³-hybridized carbons (Fsp3) is 0.722. The number of carbonyl (C=O) groups excluding carboxylic acids is 1. The molecular formula is C18H28FN3O5. The molecule has 4 atom stereocenters. The van der Waals surface area contributed by atoms with E-state index in [1.165, 1.54) is 0 Å². The normalized spacial score (nSPS) is 25.0. The quantitative estimate of drug-likeness (QED) is 0.700. The predicted molar refractivity (Wildman–Crippen MR) is 96.9 cm³/mol. The highest BCUT2D eigenvalue weighted by Crippen LogP contribution is 2.37. The summed E-state index contributed by atoms with van der Waals surface area (Å²) in [7, 11) is 0. The topological polar surface area (TPSA) is 103 Å². The van der Waals surface area contributed by atoms with Gasteiger partial charge in [-0.1, -0.05) is 33.6 Å². The minimum absolute atomic E-state index is 0.122. The van der Waals surface area contributed by atoms with Crippen molar-refractivity contribution in [3.8, 4) is 0 Å². The number of anilines is 1. The van der Waals surface area contributed by atoms with Gasteiger partial charge in [0, 0.05) is 5.92 Å². The number of nitrogens with one attached hydrogen (secondary N) is 1. The van der Waals surface area contributed by atoms with Gasteiger partial charge < -0.3 is 14.6 Å². The summed E-state index contributed by atoms with van der Waals surface area (Å²) in [6.07, 6.45) is 0.299. The molecule has 1 aliphatic heterocycles. The van der Waals surface area contributed by atoms with Crippen LogP contribution in [0.3, 0.4) is 0 Å². The van der Waals surface area contributed by atoms with Gasteiger partial charge in [0.1, 0.15) is 6.10 Å². The van der Waals surface area contributed by atoms with Crippen LogP contribution in [0, 0.1) is 17.7 Å². The van der Waals surface area contributed by atoms with Crippen LogP contribution in [0.1, 0.15) is 53.2 Å². The SMILES string of the molecule is CCCCCOC(=O)Nc1nc(=O)n([C@@H]2O[C@H](C)[C@@H](C(C)C)[C@H]2O)cc1F. The largest absolute Gasteiger partial charge is 0.449 e. The first-order valence-corrected chi connectivity index (χ1v) is 9.32. The number of hydrogen-bond acceptors (Lipinski definition) is 6. The standard InChI is InChI=1S/C18H28FN3O5/c1-5-6-7-8-26-18(25)21-15-12(19)9-22(17(24)20-15)16-14(23)13(10(2)3)11(4)27-16/h9-11,13-14,16,23H,5-8H2,1-4H3,(H,20,21,24,25)/t11-,13-,14-,16-/m1/s1. The first-order chi connectivity index (χ1) is 12.8. The third kappa shape index (κ3) is 5.04. The van der Waals surface area contributed by atoms with Crippen LogP contribution in [0.2, 0.25) is 0 Å². The molecular weight excluding hydrogens is 357 g/mol. The Morgan fingerprint density at radius 1 is 1.48 bits per heavy atom. The van der Waals surface area contributed by atoms with Crippen LogP contribution in [-0.2, 0) is 9.47 Å². The molecule has 1 aliphatic rings. The van der Waals surface area contributed by atoms with E-state index in [9.17, 15) is 19.1 Å². The van der Waals surface area contributed by atoms with Crippen molar-refractivity contribution in [1.29, 1.82) is 0 Å². The van der Waals surface area contributed by atoms with Gasteiger partial charge in [-0.2, -0.15) is 4.98 Å². The summed E-state index contributed by atoms with van der Waals surface area (Å²) in [6, 6.07) is 0. The molecule has 2 rings (SSSR count). The summed E-state index contributed by atoms with van der Waals surface area (Å²) in [5.41, 5.74) is -0.835. The highest BCUT2D eigenvalue weighted by molar-refractivity contribution is 5.83. The molecule has 0 aromatic carbocycles. The van der Waals surface area contributed by atoms with E-state index in [0.29, 0.717) is 6.42 Å². The van der Waals surface area contributed by atoms with Crippen molar-refractivity contribution in [1.82, 2.24) is 9.55 Å². The van der Waals surface area contributed by atoms with E-state index in [0.717, 1.165) is 23.6 Å². The van der Waals surface area contributed by atoms with Crippen LogP contribution in [0.5, 0.6) is 0 Å². The number of aliphatic hydroxyl groups is 1. The lowest BCUT2D eigenvalue weighted by atomic mass is 9.87. The van der Waals surface area contributed by atoms with Crippen LogP contribution < -0.4 is 11.0 Å². The highest BCUT2D eigenvalue weighted by Gasteiger charge is 2.44. The number of unbranched alkanes of at least 4 members (excludes halogenated alkanes) is 2. The molecule has 1 fully saturated rings. The van der Waals surface area contributed by atoms with E-state index in [1.54, 1.807) is 6.92 Å². The second kappa shape index (κ2) is 9.27. The summed E-state index contributed by atoms with van der Waals surface area (Å²) in [4.78, 5) is 27.5. The lowest BCUT2D eigenvalue weighted by Crippen LogP contribution is -2.35. The monoisotopic (exact) mass is 385 g/mol. The van der Waals surface area contributed by atoms with Gasteiger partial charge in [0.15, 0.2) is 17.9 Å². The summed E-state index contributed by atoms with van der Waals surface area (Å²) in [5, 5.41) is 12.6. The molecule has 2 heterocycles. The fourth-order valence-corrected chi connectivity index (χ4v) is 3.39. The van der Waals surface area contributed by atoms with E-state index in [4.69, 9.17) is 9.47 Å². The molecule has 0 spiro atoms. The molecule has 0 aliphatic carbocycles. The van der Waals surface area contributed by atoms with Gasteiger partial charge in [-0.25, -0.2) is 14.0 Å². The molecule has 0 unspecified atom stereocenters. The van der Waals surface area contributed by atoms with Crippen LogP contribution in [0.15, 0.2) is 11.0 Å². The summed E-state index contributed by atoms with van der Waals surface area (Å²) in [6.45, 7) is 7.90. The van der Waals surface area contributed by atoms with Gasteiger partial charge in [0.05, 0.1) is 18.9 Å². The van der Waals surface area contributed by atoms with Crippen molar-refractivity contribution >= 4 is 11.9 Å². The van der Waals surface area contributed by atoms with Gasteiger partial charge >= 0.3 is 11.8 Å².